The first-order valence-electron chi connectivity index (χ1n) is 10.8. The van der Waals surface area contributed by atoms with E-state index >= 15 is 0 Å². The molecule has 5 rings (SSSR count). The van der Waals surface area contributed by atoms with Crippen LogP contribution in [0.1, 0.15) is 0 Å². The minimum Gasteiger partial charge on any atom is -0.627 e. The van der Waals surface area contributed by atoms with Crippen molar-refractivity contribution in [3.05, 3.63) is 76.6 Å². The van der Waals surface area contributed by atoms with Gasteiger partial charge in [-0.2, -0.15) is 0 Å². The van der Waals surface area contributed by atoms with E-state index in [0.717, 1.165) is 0 Å². The van der Waals surface area contributed by atoms with Gasteiger partial charge in [-0.15, -0.1) is 0 Å². The number of aromatic nitrogens is 3. The molecule has 0 spiro atoms. The third kappa shape index (κ3) is 4.18. The highest BCUT2D eigenvalue weighted by Crippen LogP contribution is 2.33. The van der Waals surface area contributed by atoms with E-state index in [1.54, 1.807) is 56.0 Å². The number of anilines is 2. The Morgan fingerprint density at radius 2 is 1.91 bits per heavy atom. The van der Waals surface area contributed by atoms with E-state index < -0.39 is 15.4 Å². The monoisotopic (exact) mass is 477 g/mol. The lowest BCUT2D eigenvalue weighted by Crippen LogP contribution is -2.52. The number of pyridine rings is 3. The predicted octanol–water partition coefficient (Wildman–Crippen LogP) is 3.30. The van der Waals surface area contributed by atoms with E-state index in [9.17, 15) is 14.2 Å². The molecule has 9 nitrogen and oxygen atoms in total. The van der Waals surface area contributed by atoms with Crippen LogP contribution in [0.3, 0.4) is 0 Å². The molecule has 4 aromatic rings. The number of methoxy groups -OCH3 is 1. The lowest BCUT2D eigenvalue weighted by atomic mass is 10.1. The number of nitrogens with one attached hydrogen (secondary N) is 2. The number of hydrogen-bond acceptors (Lipinski definition) is 7. The first-order valence-corrected chi connectivity index (χ1v) is 12.3. The van der Waals surface area contributed by atoms with Crippen molar-refractivity contribution in [2.24, 2.45) is 0 Å². The maximum Gasteiger partial charge on any atom is 0.259 e. The van der Waals surface area contributed by atoms with Gasteiger partial charge in [0.1, 0.15) is 17.3 Å². The van der Waals surface area contributed by atoms with Gasteiger partial charge in [-0.25, -0.2) is 4.98 Å². The average molecular weight is 478 g/mol. The van der Waals surface area contributed by atoms with Crippen LogP contribution in [0.2, 0.25) is 0 Å². The number of nitrogens with zero attached hydrogens (tertiary/aromatic N) is 3. The molecule has 3 aromatic heterocycles. The molecule has 2 N–H and O–H groups in total. The fraction of sp³-hybridized carbons (Fsp3) is 0.208. The van der Waals surface area contributed by atoms with Crippen molar-refractivity contribution in [3.8, 4) is 17.0 Å². The van der Waals surface area contributed by atoms with E-state index in [1.807, 2.05) is 12.1 Å². The Morgan fingerprint density at radius 3 is 2.65 bits per heavy atom. The molecule has 0 saturated carbocycles. The van der Waals surface area contributed by atoms with Gasteiger partial charge in [0, 0.05) is 47.2 Å². The zero-order valence-corrected chi connectivity index (χ0v) is 19.3. The Bertz CT molecular complexity index is 1430. The highest BCUT2D eigenvalue weighted by atomic mass is 32.2. The van der Waals surface area contributed by atoms with Gasteiger partial charge in [0.2, 0.25) is 0 Å². The van der Waals surface area contributed by atoms with Crippen molar-refractivity contribution in [1.82, 2.24) is 19.6 Å². The van der Waals surface area contributed by atoms with E-state index in [1.165, 1.54) is 0 Å². The van der Waals surface area contributed by atoms with E-state index in [4.69, 9.17) is 9.72 Å². The molecule has 174 valence electrons. The maximum absolute atomic E-state index is 13.1. The number of fused-ring (bicyclic) bond motifs is 1. The third-order valence-electron chi connectivity index (χ3n) is 5.99. The quantitative estimate of drug-likeness (QED) is 0.334. The first kappa shape index (κ1) is 22.2. The Labute approximate surface area is 198 Å². The number of ether oxygens (including phenoxy) is 1. The minimum atomic E-state index is -0.910. The Morgan fingerprint density at radius 1 is 1.15 bits per heavy atom. The van der Waals surface area contributed by atoms with E-state index in [2.05, 4.69) is 15.3 Å². The van der Waals surface area contributed by atoms with Gasteiger partial charge in [0.05, 0.1) is 48.3 Å². The topological polar surface area (TPSA) is 120 Å². The molecule has 34 heavy (non-hydrogen) atoms. The molecule has 4 heterocycles. The summed E-state index contributed by atoms with van der Waals surface area (Å²) < 4.78 is 16.6. The number of quaternary nitrogens is 1. The summed E-state index contributed by atoms with van der Waals surface area (Å²) in [6, 6.07) is 12.5. The number of benzene rings is 1. The summed E-state index contributed by atoms with van der Waals surface area (Å²) in [5.74, 6) is 1.82. The van der Waals surface area contributed by atoms with Crippen LogP contribution < -0.4 is 20.3 Å². The molecule has 0 aliphatic carbocycles. The summed E-state index contributed by atoms with van der Waals surface area (Å²) in [5.41, 5.74) is 2.34. The number of H-pyrrole nitrogens is 1. The van der Waals surface area contributed by atoms with Gasteiger partial charge >= 0.3 is 0 Å². The number of aromatic amines is 1. The molecular formula is C24H23N5O4S. The van der Waals surface area contributed by atoms with Crippen LogP contribution in [0.25, 0.3) is 22.0 Å². The molecule has 1 fully saturated rings. The summed E-state index contributed by atoms with van der Waals surface area (Å²) in [7, 11) is 0.670. The second-order valence-electron chi connectivity index (χ2n) is 8.06. The summed E-state index contributed by atoms with van der Waals surface area (Å²) >= 11 is 0. The molecule has 1 aromatic carbocycles. The number of rotatable bonds is 5. The second-order valence-corrected chi connectivity index (χ2v) is 9.76. The smallest absolute Gasteiger partial charge is 0.259 e. The summed E-state index contributed by atoms with van der Waals surface area (Å²) in [6.07, 6.45) is 4.90. The van der Waals surface area contributed by atoms with Crippen LogP contribution >= 0.6 is 0 Å². The summed E-state index contributed by atoms with van der Waals surface area (Å²) in [4.78, 5) is 24.3. The Kier molecular flexibility index (Phi) is 5.86. The molecule has 0 unspecified atom stereocenters. The maximum atomic E-state index is 13.1. The minimum absolute atomic E-state index is 0.265. The fourth-order valence-corrected chi connectivity index (χ4v) is 5.32. The molecule has 0 amide bonds. The van der Waals surface area contributed by atoms with Crippen LogP contribution in [-0.4, -0.2) is 50.9 Å². The number of hydroxylamine groups is 2. The molecular weight excluding hydrogens is 454 g/mol. The zero-order valence-electron chi connectivity index (χ0n) is 18.5. The van der Waals surface area contributed by atoms with Crippen LogP contribution in [0, 0.1) is 5.21 Å². The highest BCUT2D eigenvalue weighted by Gasteiger charge is 2.27. The van der Waals surface area contributed by atoms with Crippen LogP contribution in [0.4, 0.5) is 17.2 Å². The van der Waals surface area contributed by atoms with E-state index in [0.29, 0.717) is 69.6 Å². The summed E-state index contributed by atoms with van der Waals surface area (Å²) in [6.45, 7) is 0.603. The third-order valence-corrected chi connectivity index (χ3v) is 7.27. The SMILES string of the molecule is COc1ccncc1-c1cc2cc[nH]c(=O)c2c(Nc2ccc([N+]3([O-])CCS(=O)CC3)cc2)n1. The van der Waals surface area contributed by atoms with Crippen molar-refractivity contribution in [1.29, 1.82) is 0 Å². The molecule has 0 atom stereocenters. The summed E-state index contributed by atoms with van der Waals surface area (Å²) in [5, 5.41) is 17.5. The van der Waals surface area contributed by atoms with Gasteiger partial charge in [-0.05, 0) is 35.7 Å². The molecule has 0 bridgehead atoms. The van der Waals surface area contributed by atoms with Gasteiger partial charge in [-0.1, -0.05) is 0 Å². The molecule has 0 radical (unpaired) electrons. The van der Waals surface area contributed by atoms with Crippen molar-refractivity contribution in [2.75, 3.05) is 37.0 Å². The van der Waals surface area contributed by atoms with Crippen LogP contribution in [0.15, 0.2) is 65.8 Å². The Balaban J connectivity index is 1.53. The predicted molar refractivity (Wildman–Crippen MR) is 135 cm³/mol. The Hall–Kier alpha value is -3.60. The van der Waals surface area contributed by atoms with Gasteiger partial charge in [-0.3, -0.25) is 14.0 Å². The zero-order chi connectivity index (χ0) is 23.7. The van der Waals surface area contributed by atoms with E-state index in [-0.39, 0.29) is 5.56 Å². The van der Waals surface area contributed by atoms with Crippen LogP contribution in [0.5, 0.6) is 5.75 Å². The van der Waals surface area contributed by atoms with Gasteiger partial charge in [0.25, 0.3) is 5.56 Å². The standard InChI is InChI=1S/C24H23N5O4S/c1-33-21-7-8-25-15-19(21)20-14-16-6-9-26-24(30)22(16)23(28-20)27-17-2-4-18(5-3-17)29(31)10-12-34(32)13-11-29/h2-9,14-15H,10-13H2,1H3,(H,26,30)(H,27,28). The molecule has 1 aliphatic heterocycles. The van der Waals surface area contributed by atoms with Crippen molar-refractivity contribution >= 4 is 38.8 Å². The fourth-order valence-electron chi connectivity index (χ4n) is 4.12. The van der Waals surface area contributed by atoms with Crippen molar-refractivity contribution in [3.63, 3.8) is 0 Å². The van der Waals surface area contributed by atoms with Crippen LogP contribution in [-0.2, 0) is 10.8 Å². The van der Waals surface area contributed by atoms with Gasteiger partial charge in [0.15, 0.2) is 0 Å². The largest absolute Gasteiger partial charge is 0.627 e. The normalized spacial score (nSPS) is 20.2. The lowest BCUT2D eigenvalue weighted by molar-refractivity contribution is 0.402. The average Bonchev–Trinajstić information content (AvgIpc) is 2.86. The van der Waals surface area contributed by atoms with Crippen molar-refractivity contribution < 1.29 is 8.95 Å². The molecule has 1 aliphatic rings. The highest BCUT2D eigenvalue weighted by molar-refractivity contribution is 7.85. The lowest BCUT2D eigenvalue weighted by Gasteiger charge is -2.44. The molecule has 10 heteroatoms. The first-order chi connectivity index (χ1) is 16.5. The second kappa shape index (κ2) is 8.98. The van der Waals surface area contributed by atoms with Crippen molar-refractivity contribution in [2.45, 2.75) is 0 Å². The molecule has 1 saturated heterocycles. The number of hydrogen-bond donors (Lipinski definition) is 2. The van der Waals surface area contributed by atoms with Gasteiger partial charge < -0.3 is 24.9 Å².